The van der Waals surface area contributed by atoms with Gasteiger partial charge in [-0.15, -0.1) is 11.8 Å². The minimum absolute atomic E-state index is 0.00628. The van der Waals surface area contributed by atoms with Gasteiger partial charge in [-0.3, -0.25) is 9.69 Å². The van der Waals surface area contributed by atoms with E-state index in [0.29, 0.717) is 6.54 Å². The largest absolute Gasteiger partial charge is 0.324 e. The molecule has 0 bridgehead atoms. The molecule has 2 aromatic rings. The van der Waals surface area contributed by atoms with Crippen molar-refractivity contribution in [2.45, 2.75) is 17.9 Å². The minimum atomic E-state index is 0.00628. The van der Waals surface area contributed by atoms with Gasteiger partial charge in [0.05, 0.1) is 12.2 Å². The highest BCUT2D eigenvalue weighted by Gasteiger charge is 2.15. The van der Waals surface area contributed by atoms with Crippen molar-refractivity contribution in [1.29, 1.82) is 0 Å². The average Bonchev–Trinajstić information content (AvgIpc) is 2.55. The maximum atomic E-state index is 12.3. The van der Waals surface area contributed by atoms with Crippen LogP contribution in [0.2, 0.25) is 0 Å². The first-order valence-electron chi connectivity index (χ1n) is 7.30. The van der Waals surface area contributed by atoms with Crippen LogP contribution in [0.5, 0.6) is 0 Å². The Morgan fingerprint density at radius 1 is 1.14 bits per heavy atom. The predicted molar refractivity (Wildman–Crippen MR) is 94.3 cm³/mol. The van der Waals surface area contributed by atoms with Gasteiger partial charge < -0.3 is 5.32 Å². The number of benzene rings is 2. The molecule has 22 heavy (non-hydrogen) atoms. The number of nitrogens with zero attached hydrogens (tertiary/aromatic N) is 1. The van der Waals surface area contributed by atoms with Gasteiger partial charge >= 0.3 is 0 Å². The summed E-state index contributed by atoms with van der Waals surface area (Å²) >= 11 is 1.63. The van der Waals surface area contributed by atoms with E-state index in [1.165, 1.54) is 5.56 Å². The zero-order valence-corrected chi connectivity index (χ0v) is 14.1. The zero-order valence-electron chi connectivity index (χ0n) is 13.2. The number of hydrogen-bond acceptors (Lipinski definition) is 3. The van der Waals surface area contributed by atoms with E-state index in [9.17, 15) is 4.79 Å². The molecule has 2 rings (SSSR count). The quantitative estimate of drug-likeness (QED) is 0.817. The van der Waals surface area contributed by atoms with Crippen LogP contribution in [-0.2, 0) is 4.79 Å². The summed E-state index contributed by atoms with van der Waals surface area (Å²) in [5.74, 6) is 0.00628. The van der Waals surface area contributed by atoms with Gasteiger partial charge in [-0.2, -0.15) is 0 Å². The third kappa shape index (κ3) is 4.36. The van der Waals surface area contributed by atoms with Crippen molar-refractivity contribution >= 4 is 23.4 Å². The molecule has 0 heterocycles. The molecule has 3 nitrogen and oxygen atoms in total. The molecule has 4 heteroatoms. The lowest BCUT2D eigenvalue weighted by Crippen LogP contribution is -2.32. The summed E-state index contributed by atoms with van der Waals surface area (Å²) in [7, 11) is 1.97. The van der Waals surface area contributed by atoms with E-state index in [2.05, 4.69) is 24.4 Å². The Labute approximate surface area is 136 Å². The van der Waals surface area contributed by atoms with Gasteiger partial charge in [-0.1, -0.05) is 42.5 Å². The van der Waals surface area contributed by atoms with E-state index in [-0.39, 0.29) is 11.9 Å². The number of nitrogens with one attached hydrogen (secondary N) is 1. The monoisotopic (exact) mass is 314 g/mol. The lowest BCUT2D eigenvalue weighted by atomic mass is 10.1. The van der Waals surface area contributed by atoms with Gasteiger partial charge in [-0.05, 0) is 37.9 Å². The van der Waals surface area contributed by atoms with Crippen LogP contribution in [0.1, 0.15) is 18.5 Å². The Hall–Kier alpha value is -1.78. The van der Waals surface area contributed by atoms with E-state index in [0.717, 1.165) is 10.6 Å². The van der Waals surface area contributed by atoms with Gasteiger partial charge in [0.1, 0.15) is 0 Å². The predicted octanol–water partition coefficient (Wildman–Crippen LogP) is 4.04. The molecule has 0 radical (unpaired) electrons. The normalized spacial score (nSPS) is 12.2. The summed E-state index contributed by atoms with van der Waals surface area (Å²) in [5.41, 5.74) is 2.09. The summed E-state index contributed by atoms with van der Waals surface area (Å²) in [6, 6.07) is 18.3. The maximum Gasteiger partial charge on any atom is 0.238 e. The summed E-state index contributed by atoms with van der Waals surface area (Å²) in [4.78, 5) is 15.4. The molecular weight excluding hydrogens is 292 g/mol. The molecule has 1 N–H and O–H groups in total. The van der Waals surface area contributed by atoms with Gasteiger partial charge in [-0.25, -0.2) is 0 Å². The Kier molecular flexibility index (Phi) is 6.04. The lowest BCUT2D eigenvalue weighted by Gasteiger charge is -2.24. The third-order valence-electron chi connectivity index (χ3n) is 3.72. The van der Waals surface area contributed by atoms with Crippen molar-refractivity contribution in [1.82, 2.24) is 4.90 Å². The fourth-order valence-electron chi connectivity index (χ4n) is 2.29. The first-order chi connectivity index (χ1) is 10.6. The number of carbonyl (C=O) groups excluding carboxylic acids is 1. The fourth-order valence-corrected chi connectivity index (χ4v) is 2.84. The highest BCUT2D eigenvalue weighted by Crippen LogP contribution is 2.24. The number of rotatable bonds is 6. The fraction of sp³-hybridized carbons (Fsp3) is 0.278. The van der Waals surface area contributed by atoms with Gasteiger partial charge in [0, 0.05) is 10.9 Å². The zero-order chi connectivity index (χ0) is 15.9. The second kappa shape index (κ2) is 8.01. The van der Waals surface area contributed by atoms with Crippen molar-refractivity contribution in [3.63, 3.8) is 0 Å². The smallest absolute Gasteiger partial charge is 0.238 e. The molecule has 0 spiro atoms. The van der Waals surface area contributed by atoms with Crippen molar-refractivity contribution in [2.75, 3.05) is 25.2 Å². The molecule has 2 aromatic carbocycles. The average molecular weight is 314 g/mol. The van der Waals surface area contributed by atoms with Gasteiger partial charge in [0.25, 0.3) is 0 Å². The number of anilines is 1. The Morgan fingerprint density at radius 3 is 2.45 bits per heavy atom. The number of thioether (sulfide) groups is 1. The van der Waals surface area contributed by atoms with E-state index in [4.69, 9.17) is 0 Å². The molecule has 1 unspecified atom stereocenters. The molecule has 1 atom stereocenters. The topological polar surface area (TPSA) is 32.3 Å². The van der Waals surface area contributed by atoms with Crippen LogP contribution in [0.4, 0.5) is 5.69 Å². The van der Waals surface area contributed by atoms with Crippen LogP contribution >= 0.6 is 11.8 Å². The first kappa shape index (κ1) is 16.6. The Morgan fingerprint density at radius 2 is 1.77 bits per heavy atom. The molecule has 0 aliphatic heterocycles. The SMILES string of the molecule is CSc1ccccc1NC(=O)CN(C)C(C)c1ccccc1. The number of hydrogen-bond donors (Lipinski definition) is 1. The second-order valence-corrected chi connectivity index (χ2v) is 6.10. The molecular formula is C18H22N2OS. The van der Waals surface area contributed by atoms with Crippen LogP contribution in [0.3, 0.4) is 0 Å². The molecule has 0 aromatic heterocycles. The van der Waals surface area contributed by atoms with Crippen LogP contribution in [-0.4, -0.2) is 30.7 Å². The number of carbonyl (C=O) groups is 1. The highest BCUT2D eigenvalue weighted by molar-refractivity contribution is 7.98. The number of amides is 1. The molecule has 0 fully saturated rings. The summed E-state index contributed by atoms with van der Waals surface area (Å²) in [5, 5.41) is 3.00. The van der Waals surface area contributed by atoms with Crippen molar-refractivity contribution in [3.8, 4) is 0 Å². The Bertz CT molecular complexity index is 615. The van der Waals surface area contributed by atoms with Crippen LogP contribution < -0.4 is 5.32 Å². The van der Waals surface area contributed by atoms with Crippen molar-refractivity contribution in [2.24, 2.45) is 0 Å². The van der Waals surface area contributed by atoms with Gasteiger partial charge in [0.15, 0.2) is 0 Å². The summed E-state index contributed by atoms with van der Waals surface area (Å²) in [6.45, 7) is 2.47. The van der Waals surface area contributed by atoms with Gasteiger partial charge in [0.2, 0.25) is 5.91 Å². The summed E-state index contributed by atoms with van der Waals surface area (Å²) in [6.07, 6.45) is 2.01. The first-order valence-corrected chi connectivity index (χ1v) is 8.52. The third-order valence-corrected chi connectivity index (χ3v) is 4.51. The molecule has 0 aliphatic rings. The second-order valence-electron chi connectivity index (χ2n) is 5.25. The summed E-state index contributed by atoms with van der Waals surface area (Å²) < 4.78 is 0. The number of para-hydroxylation sites is 1. The molecule has 116 valence electrons. The van der Waals surface area contributed by atoms with Crippen LogP contribution in [0, 0.1) is 0 Å². The van der Waals surface area contributed by atoms with E-state index < -0.39 is 0 Å². The minimum Gasteiger partial charge on any atom is -0.324 e. The Balaban J connectivity index is 1.97. The number of likely N-dealkylation sites (N-methyl/N-ethyl adjacent to an activating group) is 1. The molecule has 1 amide bonds. The molecule has 0 aliphatic carbocycles. The molecule has 0 saturated carbocycles. The van der Waals surface area contributed by atoms with Crippen LogP contribution in [0.25, 0.3) is 0 Å². The molecule has 0 saturated heterocycles. The van der Waals surface area contributed by atoms with Crippen molar-refractivity contribution in [3.05, 3.63) is 60.2 Å². The standard InChI is InChI=1S/C18H22N2OS/c1-14(15-9-5-4-6-10-15)20(2)13-18(21)19-16-11-7-8-12-17(16)22-3/h4-12,14H,13H2,1-3H3,(H,19,21). The van der Waals surface area contributed by atoms with E-state index in [1.807, 2.05) is 60.7 Å². The highest BCUT2D eigenvalue weighted by atomic mass is 32.2. The maximum absolute atomic E-state index is 12.3. The van der Waals surface area contributed by atoms with Crippen LogP contribution in [0.15, 0.2) is 59.5 Å². The van der Waals surface area contributed by atoms with E-state index >= 15 is 0 Å². The van der Waals surface area contributed by atoms with Crippen molar-refractivity contribution < 1.29 is 4.79 Å². The van der Waals surface area contributed by atoms with E-state index in [1.54, 1.807) is 11.8 Å². The lowest BCUT2D eigenvalue weighted by molar-refractivity contribution is -0.117.